The molecule has 0 atom stereocenters. The number of benzene rings is 2. The van der Waals surface area contributed by atoms with Gasteiger partial charge in [0, 0.05) is 6.07 Å². The molecular formula is C16H16ClNO2. The maximum absolute atomic E-state index is 11.1. The summed E-state index contributed by atoms with van der Waals surface area (Å²) in [4.78, 5) is 11.1. The van der Waals surface area contributed by atoms with E-state index in [1.807, 2.05) is 24.3 Å². The molecule has 0 heterocycles. The highest BCUT2D eigenvalue weighted by atomic mass is 35.5. The minimum absolute atomic E-state index is 0.292. The van der Waals surface area contributed by atoms with Gasteiger partial charge in [-0.15, -0.1) is 0 Å². The van der Waals surface area contributed by atoms with E-state index in [0.29, 0.717) is 16.3 Å². The third-order valence-electron chi connectivity index (χ3n) is 2.93. The molecule has 0 radical (unpaired) electrons. The van der Waals surface area contributed by atoms with Crippen molar-refractivity contribution >= 4 is 17.5 Å². The van der Waals surface area contributed by atoms with Crippen molar-refractivity contribution in [3.63, 3.8) is 0 Å². The number of amides is 1. The molecule has 0 aliphatic carbocycles. The Bertz CT molecular complexity index is 626. The van der Waals surface area contributed by atoms with Gasteiger partial charge in [-0.25, -0.2) is 0 Å². The van der Waals surface area contributed by atoms with Crippen LogP contribution in [-0.2, 0) is 6.42 Å². The van der Waals surface area contributed by atoms with Crippen LogP contribution >= 0.6 is 11.6 Å². The summed E-state index contributed by atoms with van der Waals surface area (Å²) in [6.07, 6.45) is 1.99. The number of halogens is 1. The van der Waals surface area contributed by atoms with Gasteiger partial charge in [-0.3, -0.25) is 4.79 Å². The summed E-state index contributed by atoms with van der Waals surface area (Å²) in [5.41, 5.74) is 6.65. The standard InChI is InChI=1S/C16H16ClNO2/c1-2-5-11-6-3-4-7-15(11)20-12-8-9-13(16(18)19)14(17)10-12/h3-4,6-10H,2,5H2,1H3,(H2,18,19). The van der Waals surface area contributed by atoms with Crippen LogP contribution in [-0.4, -0.2) is 5.91 Å². The summed E-state index contributed by atoms with van der Waals surface area (Å²) < 4.78 is 5.84. The van der Waals surface area contributed by atoms with Crippen molar-refractivity contribution in [2.45, 2.75) is 19.8 Å². The van der Waals surface area contributed by atoms with Gasteiger partial charge in [0.25, 0.3) is 0 Å². The van der Waals surface area contributed by atoms with Gasteiger partial charge in [0.15, 0.2) is 0 Å². The Kier molecular flexibility index (Phi) is 4.64. The molecule has 2 aromatic carbocycles. The van der Waals surface area contributed by atoms with Gasteiger partial charge in [-0.1, -0.05) is 43.1 Å². The van der Waals surface area contributed by atoms with Crippen LogP contribution in [0.2, 0.25) is 5.02 Å². The first kappa shape index (κ1) is 14.4. The normalized spacial score (nSPS) is 10.3. The molecule has 1 amide bonds. The Hall–Kier alpha value is -2.00. The highest BCUT2D eigenvalue weighted by molar-refractivity contribution is 6.33. The monoisotopic (exact) mass is 289 g/mol. The van der Waals surface area contributed by atoms with E-state index in [1.165, 1.54) is 0 Å². The van der Waals surface area contributed by atoms with Gasteiger partial charge in [-0.05, 0) is 30.2 Å². The second-order valence-corrected chi connectivity index (χ2v) is 4.87. The number of primary amides is 1. The van der Waals surface area contributed by atoms with Crippen molar-refractivity contribution in [2.75, 3.05) is 0 Å². The molecular weight excluding hydrogens is 274 g/mol. The Morgan fingerprint density at radius 1 is 1.25 bits per heavy atom. The minimum atomic E-state index is -0.548. The molecule has 0 fully saturated rings. The molecule has 0 aromatic heterocycles. The third kappa shape index (κ3) is 3.31. The van der Waals surface area contributed by atoms with Gasteiger partial charge < -0.3 is 10.5 Å². The summed E-state index contributed by atoms with van der Waals surface area (Å²) in [6, 6.07) is 12.7. The predicted molar refractivity (Wildman–Crippen MR) is 80.5 cm³/mol. The van der Waals surface area contributed by atoms with E-state index in [0.717, 1.165) is 24.2 Å². The second kappa shape index (κ2) is 6.44. The van der Waals surface area contributed by atoms with E-state index in [4.69, 9.17) is 22.1 Å². The lowest BCUT2D eigenvalue weighted by Gasteiger charge is -2.11. The number of para-hydroxylation sites is 1. The van der Waals surface area contributed by atoms with E-state index in [2.05, 4.69) is 6.92 Å². The summed E-state index contributed by atoms with van der Waals surface area (Å²) in [5, 5.41) is 0.294. The van der Waals surface area contributed by atoms with Gasteiger partial charge >= 0.3 is 0 Å². The van der Waals surface area contributed by atoms with Crippen LogP contribution < -0.4 is 10.5 Å². The van der Waals surface area contributed by atoms with Crippen molar-refractivity contribution in [2.24, 2.45) is 5.73 Å². The van der Waals surface area contributed by atoms with Crippen LogP contribution in [0.15, 0.2) is 42.5 Å². The zero-order valence-electron chi connectivity index (χ0n) is 11.2. The molecule has 2 N–H and O–H groups in total. The quantitative estimate of drug-likeness (QED) is 0.897. The highest BCUT2D eigenvalue weighted by Crippen LogP contribution is 2.29. The van der Waals surface area contributed by atoms with Crippen LogP contribution in [0.3, 0.4) is 0 Å². The predicted octanol–water partition coefficient (Wildman–Crippen LogP) is 4.18. The fraction of sp³-hybridized carbons (Fsp3) is 0.188. The zero-order chi connectivity index (χ0) is 14.5. The molecule has 4 heteroatoms. The first-order valence-electron chi connectivity index (χ1n) is 6.47. The fourth-order valence-corrected chi connectivity index (χ4v) is 2.23. The molecule has 2 rings (SSSR count). The molecule has 2 aromatic rings. The average molecular weight is 290 g/mol. The van der Waals surface area contributed by atoms with Crippen molar-refractivity contribution in [3.05, 3.63) is 58.6 Å². The lowest BCUT2D eigenvalue weighted by molar-refractivity contribution is 0.100. The summed E-state index contributed by atoms with van der Waals surface area (Å²) in [7, 11) is 0. The second-order valence-electron chi connectivity index (χ2n) is 4.47. The van der Waals surface area contributed by atoms with Crippen LogP contribution in [0.25, 0.3) is 0 Å². The molecule has 0 saturated heterocycles. The van der Waals surface area contributed by atoms with Crippen molar-refractivity contribution in [1.29, 1.82) is 0 Å². The summed E-state index contributed by atoms with van der Waals surface area (Å²) >= 11 is 6.01. The Morgan fingerprint density at radius 3 is 2.65 bits per heavy atom. The molecule has 0 bridgehead atoms. The lowest BCUT2D eigenvalue weighted by Crippen LogP contribution is -2.11. The Labute approximate surface area is 123 Å². The van der Waals surface area contributed by atoms with Crippen LogP contribution in [0.4, 0.5) is 0 Å². The van der Waals surface area contributed by atoms with Crippen molar-refractivity contribution in [3.8, 4) is 11.5 Å². The molecule has 20 heavy (non-hydrogen) atoms. The molecule has 3 nitrogen and oxygen atoms in total. The number of carbonyl (C=O) groups is 1. The van der Waals surface area contributed by atoms with E-state index in [9.17, 15) is 4.79 Å². The molecule has 0 aliphatic heterocycles. The van der Waals surface area contributed by atoms with Crippen molar-refractivity contribution in [1.82, 2.24) is 0 Å². The van der Waals surface area contributed by atoms with Crippen molar-refractivity contribution < 1.29 is 9.53 Å². The van der Waals surface area contributed by atoms with E-state index < -0.39 is 5.91 Å². The Morgan fingerprint density at radius 2 is 2.00 bits per heavy atom. The van der Waals surface area contributed by atoms with E-state index >= 15 is 0 Å². The van der Waals surface area contributed by atoms with Crippen LogP contribution in [0.1, 0.15) is 29.3 Å². The SMILES string of the molecule is CCCc1ccccc1Oc1ccc(C(N)=O)c(Cl)c1. The molecule has 104 valence electrons. The molecule has 0 saturated carbocycles. The summed E-state index contributed by atoms with van der Waals surface area (Å²) in [5.74, 6) is 0.841. The van der Waals surface area contributed by atoms with Gasteiger partial charge in [0.05, 0.1) is 10.6 Å². The van der Waals surface area contributed by atoms with Crippen LogP contribution in [0.5, 0.6) is 11.5 Å². The number of hydrogen-bond donors (Lipinski definition) is 1. The first-order chi connectivity index (χ1) is 9.61. The number of aryl methyl sites for hydroxylation is 1. The smallest absolute Gasteiger partial charge is 0.250 e. The maximum Gasteiger partial charge on any atom is 0.250 e. The third-order valence-corrected chi connectivity index (χ3v) is 3.24. The van der Waals surface area contributed by atoms with E-state index in [-0.39, 0.29) is 0 Å². The number of ether oxygens (including phenoxy) is 1. The number of hydrogen-bond acceptors (Lipinski definition) is 2. The zero-order valence-corrected chi connectivity index (χ0v) is 12.0. The average Bonchev–Trinajstić information content (AvgIpc) is 2.41. The molecule has 0 aliphatic rings. The van der Waals surface area contributed by atoms with Gasteiger partial charge in [-0.2, -0.15) is 0 Å². The maximum atomic E-state index is 11.1. The Balaban J connectivity index is 2.26. The van der Waals surface area contributed by atoms with Gasteiger partial charge in [0.2, 0.25) is 5.91 Å². The number of rotatable bonds is 5. The lowest BCUT2D eigenvalue weighted by atomic mass is 10.1. The topological polar surface area (TPSA) is 52.3 Å². The highest BCUT2D eigenvalue weighted by Gasteiger charge is 2.09. The minimum Gasteiger partial charge on any atom is -0.457 e. The van der Waals surface area contributed by atoms with E-state index in [1.54, 1.807) is 18.2 Å². The molecule has 0 spiro atoms. The first-order valence-corrected chi connectivity index (χ1v) is 6.84. The number of nitrogens with two attached hydrogens (primary N) is 1. The van der Waals surface area contributed by atoms with Crippen LogP contribution in [0, 0.1) is 0 Å². The van der Waals surface area contributed by atoms with Gasteiger partial charge in [0.1, 0.15) is 11.5 Å². The number of carbonyl (C=O) groups excluding carboxylic acids is 1. The molecule has 0 unspecified atom stereocenters. The summed E-state index contributed by atoms with van der Waals surface area (Å²) in [6.45, 7) is 2.12. The fourth-order valence-electron chi connectivity index (χ4n) is 1.97. The largest absolute Gasteiger partial charge is 0.457 e.